The fourth-order valence-corrected chi connectivity index (χ4v) is 3.67. The topological polar surface area (TPSA) is 146 Å². The predicted molar refractivity (Wildman–Crippen MR) is 92.9 cm³/mol. The number of amides is 1. The molecule has 9 heteroatoms. The molecule has 1 aliphatic carbocycles. The van der Waals surface area contributed by atoms with Crippen molar-refractivity contribution in [2.45, 2.75) is 70.7 Å². The van der Waals surface area contributed by atoms with E-state index in [4.69, 9.17) is 15.7 Å². The average Bonchev–Trinajstić information content (AvgIpc) is 2.84. The standard InChI is InChI=1S/C16H30N4O5/c1-4-10(5-2)6-12(20-9(3)21)14-11(18-8-19-17)7-13(15(14)22)25-16(23)24/h8,10-15,22H,4-7,17H2,1-3H3,(H,18,19)(H,20,21)(H,23,24)/t11-,12?,13-,14+,15+/m1/s1. The Bertz CT molecular complexity index is 469. The van der Waals surface area contributed by atoms with Crippen molar-refractivity contribution >= 4 is 18.4 Å². The molecule has 1 saturated carbocycles. The summed E-state index contributed by atoms with van der Waals surface area (Å²) in [6.45, 7) is 5.59. The number of hydrazone groups is 1. The second-order valence-electron chi connectivity index (χ2n) is 6.50. The maximum Gasteiger partial charge on any atom is 0.506 e. The van der Waals surface area contributed by atoms with Crippen molar-refractivity contribution < 1.29 is 24.5 Å². The van der Waals surface area contributed by atoms with Gasteiger partial charge in [-0.05, 0) is 12.3 Å². The number of carboxylic acid groups (broad SMARTS) is 1. The molecule has 6 N–H and O–H groups in total. The highest BCUT2D eigenvalue weighted by molar-refractivity contribution is 5.73. The number of hydrogen-bond acceptors (Lipinski definition) is 6. The molecule has 0 aromatic heterocycles. The van der Waals surface area contributed by atoms with E-state index < -0.39 is 24.3 Å². The molecular formula is C16H30N4O5. The Labute approximate surface area is 148 Å². The quantitative estimate of drug-likeness (QED) is 0.133. The van der Waals surface area contributed by atoms with E-state index in [0.29, 0.717) is 12.3 Å². The third-order valence-electron chi connectivity index (χ3n) is 4.94. The van der Waals surface area contributed by atoms with Gasteiger partial charge < -0.3 is 31.4 Å². The molecule has 1 amide bonds. The summed E-state index contributed by atoms with van der Waals surface area (Å²) in [7, 11) is 0. The van der Waals surface area contributed by atoms with Gasteiger partial charge in [-0.25, -0.2) is 4.79 Å². The van der Waals surface area contributed by atoms with Gasteiger partial charge in [0.1, 0.15) is 12.4 Å². The minimum Gasteiger partial charge on any atom is -0.450 e. The van der Waals surface area contributed by atoms with Crippen LogP contribution in [0.4, 0.5) is 4.79 Å². The van der Waals surface area contributed by atoms with Gasteiger partial charge in [-0.2, -0.15) is 5.10 Å². The van der Waals surface area contributed by atoms with E-state index in [1.165, 1.54) is 13.3 Å². The lowest BCUT2D eigenvalue weighted by atomic mass is 9.84. The van der Waals surface area contributed by atoms with Crippen molar-refractivity contribution in [2.24, 2.45) is 22.8 Å². The number of ether oxygens (including phenoxy) is 1. The highest BCUT2D eigenvalue weighted by Gasteiger charge is 2.48. The summed E-state index contributed by atoms with van der Waals surface area (Å²) >= 11 is 0. The first-order chi connectivity index (χ1) is 11.8. The van der Waals surface area contributed by atoms with Crippen LogP contribution >= 0.6 is 0 Å². The van der Waals surface area contributed by atoms with Gasteiger partial charge >= 0.3 is 6.16 Å². The van der Waals surface area contributed by atoms with Crippen LogP contribution in [0.2, 0.25) is 0 Å². The summed E-state index contributed by atoms with van der Waals surface area (Å²) < 4.78 is 4.81. The van der Waals surface area contributed by atoms with Gasteiger partial charge in [0, 0.05) is 31.3 Å². The van der Waals surface area contributed by atoms with E-state index in [9.17, 15) is 14.7 Å². The van der Waals surface area contributed by atoms with E-state index in [-0.39, 0.29) is 24.4 Å². The lowest BCUT2D eigenvalue weighted by molar-refractivity contribution is -0.120. The number of aliphatic hydroxyl groups is 1. The average molecular weight is 358 g/mol. The second-order valence-corrected chi connectivity index (χ2v) is 6.50. The molecule has 144 valence electrons. The molecule has 0 saturated heterocycles. The summed E-state index contributed by atoms with van der Waals surface area (Å²) in [5.41, 5.74) is 0. The summed E-state index contributed by atoms with van der Waals surface area (Å²) in [6, 6.07) is -0.638. The molecule has 0 spiro atoms. The third kappa shape index (κ3) is 6.08. The van der Waals surface area contributed by atoms with Gasteiger partial charge in [-0.3, -0.25) is 4.79 Å². The molecule has 25 heavy (non-hydrogen) atoms. The molecule has 0 radical (unpaired) electrons. The lowest BCUT2D eigenvalue weighted by Crippen LogP contribution is -2.51. The maximum absolute atomic E-state index is 11.7. The normalized spacial score (nSPS) is 27.4. The molecule has 1 fully saturated rings. The van der Waals surface area contributed by atoms with Crippen molar-refractivity contribution in [1.29, 1.82) is 0 Å². The van der Waals surface area contributed by atoms with Gasteiger partial charge in [0.05, 0.1) is 6.10 Å². The van der Waals surface area contributed by atoms with E-state index in [2.05, 4.69) is 29.6 Å². The molecule has 0 aromatic carbocycles. The van der Waals surface area contributed by atoms with Crippen LogP contribution in [0.25, 0.3) is 0 Å². The number of hydrogen-bond donors (Lipinski definition) is 5. The van der Waals surface area contributed by atoms with Crippen LogP contribution in [0.15, 0.2) is 5.10 Å². The zero-order valence-corrected chi connectivity index (χ0v) is 15.0. The first-order valence-electron chi connectivity index (χ1n) is 8.66. The van der Waals surface area contributed by atoms with Crippen LogP contribution in [-0.2, 0) is 9.53 Å². The van der Waals surface area contributed by atoms with Crippen molar-refractivity contribution in [3.63, 3.8) is 0 Å². The van der Waals surface area contributed by atoms with E-state index >= 15 is 0 Å². The van der Waals surface area contributed by atoms with Crippen LogP contribution in [0, 0.1) is 11.8 Å². The molecule has 1 unspecified atom stereocenters. The molecule has 9 nitrogen and oxygen atoms in total. The monoisotopic (exact) mass is 358 g/mol. The minimum absolute atomic E-state index is 0.197. The SMILES string of the molecule is CCC(CC)CC(NC(C)=O)[C@H]1[C@@H](O)[C@H](OC(=O)O)C[C@H]1N/C=N/N. The summed E-state index contributed by atoms with van der Waals surface area (Å²) in [5, 5.41) is 28.8. The summed E-state index contributed by atoms with van der Waals surface area (Å²) in [4.78, 5) is 22.5. The Kier molecular flexibility index (Phi) is 8.47. The zero-order chi connectivity index (χ0) is 19.0. The number of nitrogens with zero attached hydrogens (tertiary/aromatic N) is 1. The van der Waals surface area contributed by atoms with Crippen LogP contribution in [0.1, 0.15) is 46.5 Å². The Hall–Kier alpha value is -2.03. The van der Waals surface area contributed by atoms with E-state index in [1.54, 1.807) is 0 Å². The molecule has 0 aliphatic heterocycles. The molecule has 0 heterocycles. The predicted octanol–water partition coefficient (Wildman–Crippen LogP) is 0.622. The van der Waals surface area contributed by atoms with Gasteiger partial charge in [0.15, 0.2) is 0 Å². The number of carbonyl (C=O) groups excluding carboxylic acids is 1. The van der Waals surface area contributed by atoms with Gasteiger partial charge in [-0.15, -0.1) is 0 Å². The Morgan fingerprint density at radius 3 is 2.52 bits per heavy atom. The number of carbonyl (C=O) groups is 2. The minimum atomic E-state index is -1.44. The summed E-state index contributed by atoms with van der Waals surface area (Å²) in [5.74, 6) is 4.89. The van der Waals surface area contributed by atoms with Crippen molar-refractivity contribution in [1.82, 2.24) is 10.6 Å². The summed E-state index contributed by atoms with van der Waals surface area (Å²) in [6.07, 6.45) is 0.812. The highest BCUT2D eigenvalue weighted by Crippen LogP contribution is 2.34. The van der Waals surface area contributed by atoms with E-state index in [0.717, 1.165) is 12.8 Å². The third-order valence-corrected chi connectivity index (χ3v) is 4.94. The van der Waals surface area contributed by atoms with Crippen LogP contribution in [0.5, 0.6) is 0 Å². The largest absolute Gasteiger partial charge is 0.506 e. The number of nitrogens with one attached hydrogen (secondary N) is 2. The van der Waals surface area contributed by atoms with Crippen LogP contribution in [0.3, 0.4) is 0 Å². The highest BCUT2D eigenvalue weighted by atomic mass is 16.7. The fraction of sp³-hybridized carbons (Fsp3) is 0.812. The van der Waals surface area contributed by atoms with Crippen molar-refractivity contribution in [3.05, 3.63) is 0 Å². The Morgan fingerprint density at radius 1 is 1.40 bits per heavy atom. The Balaban J connectivity index is 3.05. The van der Waals surface area contributed by atoms with Crippen LogP contribution in [-0.4, -0.2) is 52.9 Å². The zero-order valence-electron chi connectivity index (χ0n) is 15.0. The van der Waals surface area contributed by atoms with E-state index in [1.807, 2.05) is 0 Å². The molecule has 0 bridgehead atoms. The number of aliphatic hydroxyl groups excluding tert-OH is 1. The molecule has 1 rings (SSSR count). The van der Waals surface area contributed by atoms with Gasteiger partial charge in [0.2, 0.25) is 5.91 Å². The van der Waals surface area contributed by atoms with Gasteiger partial charge in [0.25, 0.3) is 0 Å². The van der Waals surface area contributed by atoms with Crippen molar-refractivity contribution in [3.8, 4) is 0 Å². The first-order valence-corrected chi connectivity index (χ1v) is 8.66. The van der Waals surface area contributed by atoms with Crippen molar-refractivity contribution in [2.75, 3.05) is 0 Å². The maximum atomic E-state index is 11.7. The molecule has 0 aromatic rings. The fourth-order valence-electron chi connectivity index (χ4n) is 3.67. The van der Waals surface area contributed by atoms with Crippen LogP contribution < -0.4 is 16.5 Å². The second kappa shape index (κ2) is 10.1. The first kappa shape index (κ1) is 21.0. The number of rotatable bonds is 9. The van der Waals surface area contributed by atoms with Gasteiger partial charge in [-0.1, -0.05) is 26.7 Å². The molecule has 1 aliphatic rings. The number of nitrogens with two attached hydrogens (primary N) is 1. The smallest absolute Gasteiger partial charge is 0.450 e. The lowest BCUT2D eigenvalue weighted by Gasteiger charge is -2.33. The molecular weight excluding hydrogens is 328 g/mol. The molecule has 5 atom stereocenters. The Morgan fingerprint density at radius 2 is 2.04 bits per heavy atom.